The summed E-state index contributed by atoms with van der Waals surface area (Å²) in [6.07, 6.45) is -4.41. The first kappa shape index (κ1) is 20.0. The van der Waals surface area contributed by atoms with E-state index in [0.29, 0.717) is 17.2 Å². The molecular formula is C22H16F3N5O2. The van der Waals surface area contributed by atoms with Crippen LogP contribution in [0, 0.1) is 0 Å². The summed E-state index contributed by atoms with van der Waals surface area (Å²) in [7, 11) is 0. The first-order valence-corrected chi connectivity index (χ1v) is 9.81. The Bertz CT molecular complexity index is 1270. The lowest BCUT2D eigenvalue weighted by Crippen LogP contribution is -2.24. The quantitative estimate of drug-likeness (QED) is 0.500. The molecular weight excluding hydrogens is 423 g/mol. The summed E-state index contributed by atoms with van der Waals surface area (Å²) in [4.78, 5) is 18.2. The third-order valence-electron chi connectivity index (χ3n) is 5.29. The van der Waals surface area contributed by atoms with Crippen LogP contribution in [0.4, 0.5) is 18.9 Å². The fraction of sp³-hybridized carbons (Fsp3) is 0.182. The minimum absolute atomic E-state index is 0.0768. The molecule has 1 aliphatic rings. The number of nitrogens with one attached hydrogen (secondary N) is 1. The number of rotatable bonds is 4. The zero-order valence-electron chi connectivity index (χ0n) is 16.5. The molecule has 1 atom stereocenters. The molecule has 7 nitrogen and oxygen atoms in total. The number of nitrogens with zero attached hydrogens (tertiary/aromatic N) is 4. The predicted octanol–water partition coefficient (Wildman–Crippen LogP) is 4.67. The fourth-order valence-electron chi connectivity index (χ4n) is 3.68. The first-order valence-electron chi connectivity index (χ1n) is 9.81. The Hall–Kier alpha value is -3.95. The summed E-state index contributed by atoms with van der Waals surface area (Å²) in [5.41, 5.74) is 1.56. The van der Waals surface area contributed by atoms with Crippen LogP contribution in [-0.4, -0.2) is 32.8 Å². The van der Waals surface area contributed by atoms with Gasteiger partial charge in [-0.05, 0) is 24.3 Å². The molecule has 1 saturated heterocycles. The van der Waals surface area contributed by atoms with Gasteiger partial charge >= 0.3 is 6.18 Å². The number of hydrogen-bond donors (Lipinski definition) is 1. The number of carbonyl (C=O) groups excluding carboxylic acids is 1. The smallest absolute Gasteiger partial charge is 0.332 e. The lowest BCUT2D eigenvalue weighted by atomic mass is 10.1. The highest BCUT2D eigenvalue weighted by Crippen LogP contribution is 2.35. The molecule has 0 saturated carbocycles. The Kier molecular flexibility index (Phi) is 4.76. The Balaban J connectivity index is 1.35. The van der Waals surface area contributed by atoms with Crippen LogP contribution in [0.15, 0.2) is 65.2 Å². The van der Waals surface area contributed by atoms with Crippen LogP contribution in [0.5, 0.6) is 0 Å². The van der Waals surface area contributed by atoms with E-state index in [1.807, 2.05) is 30.3 Å². The number of aromatic amines is 1. The van der Waals surface area contributed by atoms with Gasteiger partial charge in [0.2, 0.25) is 5.91 Å². The molecule has 3 heterocycles. The normalized spacial score (nSPS) is 16.7. The number of amides is 1. The van der Waals surface area contributed by atoms with E-state index in [1.54, 1.807) is 6.07 Å². The van der Waals surface area contributed by atoms with Crippen LogP contribution in [0.1, 0.15) is 23.7 Å². The number of benzene rings is 2. The Morgan fingerprint density at radius 3 is 2.66 bits per heavy atom. The van der Waals surface area contributed by atoms with Crippen molar-refractivity contribution in [1.82, 2.24) is 20.3 Å². The summed E-state index contributed by atoms with van der Waals surface area (Å²) in [6, 6.07) is 16.1. The highest BCUT2D eigenvalue weighted by atomic mass is 19.4. The molecule has 4 aromatic rings. The molecule has 10 heteroatoms. The molecule has 1 unspecified atom stereocenters. The maximum Gasteiger partial charge on any atom is 0.416 e. The molecule has 0 radical (unpaired) electrons. The Morgan fingerprint density at radius 2 is 1.88 bits per heavy atom. The van der Waals surface area contributed by atoms with E-state index in [4.69, 9.17) is 4.52 Å². The number of anilines is 1. The van der Waals surface area contributed by atoms with E-state index in [1.165, 1.54) is 17.0 Å². The third-order valence-corrected chi connectivity index (χ3v) is 5.29. The molecule has 2 aromatic heterocycles. The summed E-state index contributed by atoms with van der Waals surface area (Å²) >= 11 is 0. The molecule has 0 bridgehead atoms. The van der Waals surface area contributed by atoms with Gasteiger partial charge in [-0.2, -0.15) is 23.3 Å². The van der Waals surface area contributed by atoms with E-state index >= 15 is 0 Å². The van der Waals surface area contributed by atoms with Crippen LogP contribution in [-0.2, 0) is 11.0 Å². The van der Waals surface area contributed by atoms with Gasteiger partial charge < -0.3 is 9.42 Å². The standard InChI is InChI=1S/C22H16F3N5O2/c23-22(24,25)15-7-4-8-16(10-15)30-12-14(9-19(30)31)20-26-21(32-29-20)18-11-17(27-28-18)13-5-2-1-3-6-13/h1-8,10-11,14H,9,12H2,(H,27,28). The summed E-state index contributed by atoms with van der Waals surface area (Å²) in [5, 5.41) is 11.1. The number of alkyl halides is 3. The molecule has 0 spiro atoms. The van der Waals surface area contributed by atoms with Crippen molar-refractivity contribution in [2.45, 2.75) is 18.5 Å². The monoisotopic (exact) mass is 439 g/mol. The number of aromatic nitrogens is 4. The highest BCUT2D eigenvalue weighted by molar-refractivity contribution is 5.96. The molecule has 162 valence electrons. The summed E-state index contributed by atoms with van der Waals surface area (Å²) in [6.45, 7) is 0.164. The van der Waals surface area contributed by atoms with Gasteiger partial charge in [-0.25, -0.2) is 0 Å². The average molecular weight is 439 g/mol. The highest BCUT2D eigenvalue weighted by Gasteiger charge is 2.36. The van der Waals surface area contributed by atoms with Gasteiger partial charge in [-0.3, -0.25) is 9.89 Å². The Morgan fingerprint density at radius 1 is 1.06 bits per heavy atom. The summed E-state index contributed by atoms with van der Waals surface area (Å²) < 4.78 is 44.4. The van der Waals surface area contributed by atoms with Crippen LogP contribution >= 0.6 is 0 Å². The second-order valence-corrected chi connectivity index (χ2v) is 7.44. The zero-order valence-corrected chi connectivity index (χ0v) is 16.5. The lowest BCUT2D eigenvalue weighted by Gasteiger charge is -2.18. The van der Waals surface area contributed by atoms with Crippen molar-refractivity contribution in [3.8, 4) is 22.8 Å². The van der Waals surface area contributed by atoms with Crippen LogP contribution in [0.25, 0.3) is 22.8 Å². The minimum atomic E-state index is -4.48. The van der Waals surface area contributed by atoms with Crippen LogP contribution in [0.2, 0.25) is 0 Å². The number of halogens is 3. The topological polar surface area (TPSA) is 87.9 Å². The number of carbonyl (C=O) groups is 1. The Labute approximate surface area is 179 Å². The van der Waals surface area contributed by atoms with E-state index in [2.05, 4.69) is 20.3 Å². The predicted molar refractivity (Wildman–Crippen MR) is 108 cm³/mol. The zero-order chi connectivity index (χ0) is 22.3. The van der Waals surface area contributed by atoms with Crippen molar-refractivity contribution in [2.24, 2.45) is 0 Å². The fourth-order valence-corrected chi connectivity index (χ4v) is 3.68. The molecule has 1 aliphatic heterocycles. The first-order chi connectivity index (χ1) is 15.4. The molecule has 1 N–H and O–H groups in total. The van der Waals surface area contributed by atoms with Gasteiger partial charge in [0, 0.05) is 30.1 Å². The summed E-state index contributed by atoms with van der Waals surface area (Å²) in [5.74, 6) is -0.155. The van der Waals surface area contributed by atoms with Crippen molar-refractivity contribution in [3.63, 3.8) is 0 Å². The maximum absolute atomic E-state index is 13.0. The van der Waals surface area contributed by atoms with Crippen molar-refractivity contribution in [1.29, 1.82) is 0 Å². The van der Waals surface area contributed by atoms with Crippen molar-refractivity contribution < 1.29 is 22.5 Å². The van der Waals surface area contributed by atoms with Crippen LogP contribution < -0.4 is 4.90 Å². The number of hydrogen-bond acceptors (Lipinski definition) is 5. The van der Waals surface area contributed by atoms with E-state index in [9.17, 15) is 18.0 Å². The van der Waals surface area contributed by atoms with Gasteiger partial charge in [0.15, 0.2) is 5.82 Å². The van der Waals surface area contributed by atoms with Crippen LogP contribution in [0.3, 0.4) is 0 Å². The van der Waals surface area contributed by atoms with Gasteiger partial charge in [0.25, 0.3) is 5.89 Å². The molecule has 0 aliphatic carbocycles. The molecule has 2 aromatic carbocycles. The van der Waals surface area contributed by atoms with Gasteiger partial charge in [0.1, 0.15) is 5.69 Å². The van der Waals surface area contributed by atoms with Gasteiger partial charge in [-0.15, -0.1) is 0 Å². The van der Waals surface area contributed by atoms with Gasteiger partial charge in [0.05, 0.1) is 11.3 Å². The maximum atomic E-state index is 13.0. The van der Waals surface area contributed by atoms with Crippen molar-refractivity contribution >= 4 is 11.6 Å². The van der Waals surface area contributed by atoms with E-state index < -0.39 is 17.7 Å². The second-order valence-electron chi connectivity index (χ2n) is 7.44. The third kappa shape index (κ3) is 3.75. The van der Waals surface area contributed by atoms with Crippen molar-refractivity contribution in [2.75, 3.05) is 11.4 Å². The molecule has 1 fully saturated rings. The van der Waals surface area contributed by atoms with Gasteiger partial charge in [-0.1, -0.05) is 41.6 Å². The SMILES string of the molecule is O=C1CC(c2noc(-c3cc(-c4ccccc4)n[nH]3)n2)CN1c1cccc(C(F)(F)F)c1. The minimum Gasteiger partial charge on any atom is -0.332 e. The largest absolute Gasteiger partial charge is 0.416 e. The average Bonchev–Trinajstić information content (AvgIpc) is 3.53. The lowest BCUT2D eigenvalue weighted by molar-refractivity contribution is -0.137. The van der Waals surface area contributed by atoms with E-state index in [0.717, 1.165) is 17.7 Å². The van der Waals surface area contributed by atoms with Crippen molar-refractivity contribution in [3.05, 3.63) is 72.1 Å². The number of H-pyrrole nitrogens is 1. The second kappa shape index (κ2) is 7.63. The molecule has 1 amide bonds. The molecule has 5 rings (SSSR count). The van der Waals surface area contributed by atoms with E-state index in [-0.39, 0.29) is 30.5 Å². The molecule has 32 heavy (non-hydrogen) atoms.